The number of nitrogen functional groups attached to an aromatic ring is 1. The van der Waals surface area contributed by atoms with Gasteiger partial charge in [0.15, 0.2) is 0 Å². The lowest BCUT2D eigenvalue weighted by Gasteiger charge is -2.12. The molecule has 4 nitrogen and oxygen atoms in total. The quantitative estimate of drug-likeness (QED) is 0.890. The first-order valence-electron chi connectivity index (χ1n) is 6.14. The van der Waals surface area contributed by atoms with Crippen LogP contribution in [0.5, 0.6) is 0 Å². The zero-order valence-electron chi connectivity index (χ0n) is 11.0. The molecule has 0 aliphatic carbocycles. The molecule has 1 amide bonds. The van der Waals surface area contributed by atoms with E-state index in [4.69, 9.17) is 5.73 Å². The van der Waals surface area contributed by atoms with Crippen LogP contribution in [-0.2, 0) is 0 Å². The Kier molecular flexibility index (Phi) is 4.66. The van der Waals surface area contributed by atoms with Gasteiger partial charge < -0.3 is 11.1 Å². The van der Waals surface area contributed by atoms with Gasteiger partial charge >= 0.3 is 0 Å². The second-order valence-electron chi connectivity index (χ2n) is 4.25. The fraction of sp³-hybridized carbons (Fsp3) is 0.385. The molecule has 0 saturated heterocycles. The highest BCUT2D eigenvalue weighted by Gasteiger charge is 2.17. The number of aromatic nitrogens is 1. The maximum absolute atomic E-state index is 12.2. The predicted molar refractivity (Wildman–Crippen MR) is 84.0 cm³/mol. The van der Waals surface area contributed by atoms with Crippen LogP contribution >= 0.6 is 23.1 Å². The van der Waals surface area contributed by atoms with Gasteiger partial charge in [0, 0.05) is 29.6 Å². The number of rotatable bonds is 5. The molecule has 19 heavy (non-hydrogen) atoms. The first kappa shape index (κ1) is 14.1. The van der Waals surface area contributed by atoms with Gasteiger partial charge in [-0.05, 0) is 18.7 Å². The summed E-state index contributed by atoms with van der Waals surface area (Å²) in [7, 11) is 0. The van der Waals surface area contributed by atoms with Crippen molar-refractivity contribution in [2.24, 2.45) is 0 Å². The van der Waals surface area contributed by atoms with Gasteiger partial charge in [-0.2, -0.15) is 11.8 Å². The van der Waals surface area contributed by atoms with Gasteiger partial charge in [-0.25, -0.2) is 0 Å². The number of amides is 1. The van der Waals surface area contributed by atoms with Gasteiger partial charge in [-0.1, -0.05) is 6.92 Å². The molecule has 102 valence electrons. The Morgan fingerprint density at radius 2 is 2.42 bits per heavy atom. The van der Waals surface area contributed by atoms with E-state index in [0.29, 0.717) is 10.6 Å². The van der Waals surface area contributed by atoms with E-state index in [0.717, 1.165) is 21.6 Å². The van der Waals surface area contributed by atoms with Gasteiger partial charge in [0.2, 0.25) is 0 Å². The van der Waals surface area contributed by atoms with Crippen LogP contribution in [0.25, 0.3) is 10.1 Å². The SMILES string of the molecule is CCSCC(C)NC(=O)c1sc2cnccc2c1N. The third kappa shape index (κ3) is 3.19. The van der Waals surface area contributed by atoms with Crippen molar-refractivity contribution in [3.8, 4) is 0 Å². The highest BCUT2D eigenvalue weighted by molar-refractivity contribution is 7.99. The highest BCUT2D eigenvalue weighted by atomic mass is 32.2. The van der Waals surface area contributed by atoms with Gasteiger partial charge in [0.05, 0.1) is 10.4 Å². The number of fused-ring (bicyclic) bond motifs is 1. The van der Waals surface area contributed by atoms with Crippen LogP contribution in [0.4, 0.5) is 5.69 Å². The molecular weight excluding hydrogens is 278 g/mol. The maximum Gasteiger partial charge on any atom is 0.263 e. The molecule has 1 atom stereocenters. The predicted octanol–water partition coefficient (Wildman–Crippen LogP) is 2.75. The van der Waals surface area contributed by atoms with E-state index >= 15 is 0 Å². The summed E-state index contributed by atoms with van der Waals surface area (Å²) < 4.78 is 0.945. The van der Waals surface area contributed by atoms with Crippen LogP contribution < -0.4 is 11.1 Å². The van der Waals surface area contributed by atoms with E-state index in [2.05, 4.69) is 17.2 Å². The second-order valence-corrected chi connectivity index (χ2v) is 6.62. The normalized spacial score (nSPS) is 12.5. The summed E-state index contributed by atoms with van der Waals surface area (Å²) in [5.74, 6) is 1.87. The lowest BCUT2D eigenvalue weighted by atomic mass is 10.2. The van der Waals surface area contributed by atoms with Crippen molar-refractivity contribution in [1.82, 2.24) is 10.3 Å². The van der Waals surface area contributed by atoms with Crippen molar-refractivity contribution in [2.45, 2.75) is 19.9 Å². The Morgan fingerprint density at radius 1 is 1.63 bits per heavy atom. The number of anilines is 1. The summed E-state index contributed by atoms with van der Waals surface area (Å²) in [4.78, 5) is 16.8. The van der Waals surface area contributed by atoms with Crippen LogP contribution in [-0.4, -0.2) is 28.4 Å². The smallest absolute Gasteiger partial charge is 0.263 e. The minimum Gasteiger partial charge on any atom is -0.397 e. The number of hydrogen-bond acceptors (Lipinski definition) is 5. The summed E-state index contributed by atoms with van der Waals surface area (Å²) in [6.07, 6.45) is 3.43. The van der Waals surface area contributed by atoms with Gasteiger partial charge in [-0.3, -0.25) is 9.78 Å². The molecule has 0 fully saturated rings. The monoisotopic (exact) mass is 295 g/mol. The lowest BCUT2D eigenvalue weighted by molar-refractivity contribution is 0.0948. The van der Waals surface area contributed by atoms with Gasteiger partial charge in [0.1, 0.15) is 4.88 Å². The van der Waals surface area contributed by atoms with E-state index < -0.39 is 0 Å². The Labute approximate surface area is 120 Å². The number of nitrogens with two attached hydrogens (primary N) is 1. The first-order valence-corrected chi connectivity index (χ1v) is 8.11. The fourth-order valence-corrected chi connectivity index (χ4v) is 3.43. The summed E-state index contributed by atoms with van der Waals surface area (Å²) >= 11 is 3.20. The largest absolute Gasteiger partial charge is 0.397 e. The maximum atomic E-state index is 12.2. The Bertz CT molecular complexity index is 582. The molecule has 1 unspecified atom stereocenters. The summed E-state index contributed by atoms with van der Waals surface area (Å²) in [6, 6.07) is 1.98. The Morgan fingerprint density at radius 3 is 3.11 bits per heavy atom. The number of carbonyl (C=O) groups excluding carboxylic acids is 1. The van der Waals surface area contributed by atoms with Crippen molar-refractivity contribution in [3.63, 3.8) is 0 Å². The molecular formula is C13H17N3OS2. The van der Waals surface area contributed by atoms with Crippen molar-refractivity contribution in [3.05, 3.63) is 23.3 Å². The molecule has 0 aliphatic rings. The average Bonchev–Trinajstić information content (AvgIpc) is 2.74. The molecule has 3 N–H and O–H groups in total. The first-order chi connectivity index (χ1) is 9.13. The third-order valence-electron chi connectivity index (χ3n) is 2.69. The number of carbonyl (C=O) groups is 1. The summed E-state index contributed by atoms with van der Waals surface area (Å²) in [5, 5.41) is 3.89. The zero-order valence-corrected chi connectivity index (χ0v) is 12.6. The Balaban J connectivity index is 2.15. The molecule has 2 heterocycles. The number of thiophene rings is 1. The average molecular weight is 295 g/mol. The van der Waals surface area contributed by atoms with Crippen LogP contribution in [0.2, 0.25) is 0 Å². The van der Waals surface area contributed by atoms with Crippen LogP contribution in [0.15, 0.2) is 18.5 Å². The highest BCUT2D eigenvalue weighted by Crippen LogP contribution is 2.32. The minimum absolute atomic E-state index is 0.0945. The Hall–Kier alpha value is -1.27. The fourth-order valence-electron chi connectivity index (χ4n) is 1.77. The van der Waals surface area contributed by atoms with E-state index in [1.165, 1.54) is 11.3 Å². The zero-order chi connectivity index (χ0) is 13.8. The van der Waals surface area contributed by atoms with Crippen molar-refractivity contribution in [2.75, 3.05) is 17.2 Å². The molecule has 0 bridgehead atoms. The van der Waals surface area contributed by atoms with Crippen molar-refractivity contribution in [1.29, 1.82) is 0 Å². The van der Waals surface area contributed by atoms with Crippen LogP contribution in [0.1, 0.15) is 23.5 Å². The molecule has 6 heteroatoms. The van der Waals surface area contributed by atoms with E-state index in [1.807, 2.05) is 24.8 Å². The van der Waals surface area contributed by atoms with Crippen LogP contribution in [0, 0.1) is 0 Å². The topological polar surface area (TPSA) is 68.0 Å². The minimum atomic E-state index is -0.0945. The third-order valence-corrected chi connectivity index (χ3v) is 4.99. The molecule has 0 spiro atoms. The molecule has 2 aromatic rings. The number of pyridine rings is 1. The van der Waals surface area contributed by atoms with Crippen molar-refractivity contribution >= 4 is 44.8 Å². The molecule has 0 aromatic carbocycles. The number of nitrogens with zero attached hydrogens (tertiary/aromatic N) is 1. The molecule has 0 radical (unpaired) electrons. The number of thioether (sulfide) groups is 1. The van der Waals surface area contributed by atoms with E-state index in [1.54, 1.807) is 12.4 Å². The molecule has 2 aromatic heterocycles. The summed E-state index contributed by atoms with van der Waals surface area (Å²) in [6.45, 7) is 4.11. The van der Waals surface area contributed by atoms with Gasteiger partial charge in [-0.15, -0.1) is 11.3 Å². The number of nitrogens with one attached hydrogen (secondary N) is 1. The van der Waals surface area contributed by atoms with Gasteiger partial charge in [0.25, 0.3) is 5.91 Å². The summed E-state index contributed by atoms with van der Waals surface area (Å²) in [5.41, 5.74) is 6.58. The van der Waals surface area contributed by atoms with E-state index in [9.17, 15) is 4.79 Å². The number of hydrogen-bond donors (Lipinski definition) is 2. The molecule has 0 saturated carbocycles. The van der Waals surface area contributed by atoms with Crippen molar-refractivity contribution < 1.29 is 4.79 Å². The standard InChI is InChI=1S/C13H17N3OS2/c1-3-18-7-8(2)16-13(17)12-11(14)9-4-5-15-6-10(9)19-12/h4-6,8H,3,7,14H2,1-2H3,(H,16,17). The lowest BCUT2D eigenvalue weighted by Crippen LogP contribution is -2.34. The molecule has 2 rings (SSSR count). The van der Waals surface area contributed by atoms with Crippen LogP contribution in [0.3, 0.4) is 0 Å². The second kappa shape index (κ2) is 6.25. The van der Waals surface area contributed by atoms with E-state index in [-0.39, 0.29) is 11.9 Å². The molecule has 0 aliphatic heterocycles.